The molecule has 8 heteroatoms. The van der Waals surface area contributed by atoms with Crippen LogP contribution < -0.4 is 5.32 Å². The highest BCUT2D eigenvalue weighted by Crippen LogP contribution is 2.76. The summed E-state index contributed by atoms with van der Waals surface area (Å²) in [6.45, 7) is 22.7. The Hall–Kier alpha value is -2.51. The lowest BCUT2D eigenvalue weighted by Crippen LogP contribution is -2.68. The third-order valence-electron chi connectivity index (χ3n) is 12.4. The highest BCUT2D eigenvalue weighted by Gasteiger charge is 2.79. The van der Waals surface area contributed by atoms with Gasteiger partial charge in [-0.2, -0.15) is 0 Å². The molecular weight excluding hydrogens is 578 g/mol. The van der Waals surface area contributed by atoms with Gasteiger partial charge in [0, 0.05) is 42.7 Å². The molecule has 0 aromatic carbocycles. The van der Waals surface area contributed by atoms with Gasteiger partial charge in [-0.25, -0.2) is 9.59 Å². The summed E-state index contributed by atoms with van der Waals surface area (Å²) in [6.07, 6.45) is 9.96. The summed E-state index contributed by atoms with van der Waals surface area (Å²) in [5.74, 6) is 1.57. The van der Waals surface area contributed by atoms with Gasteiger partial charge in [-0.1, -0.05) is 19.9 Å². The number of hydrogen-bond acceptors (Lipinski definition) is 6. The van der Waals surface area contributed by atoms with E-state index in [-0.39, 0.29) is 58.9 Å². The van der Waals surface area contributed by atoms with Crippen molar-refractivity contribution in [1.29, 1.82) is 0 Å². The fourth-order valence-electron chi connectivity index (χ4n) is 11.5. The first kappa shape index (κ1) is 33.4. The van der Waals surface area contributed by atoms with Gasteiger partial charge < -0.3 is 24.6 Å². The molecule has 10 atom stereocenters. The fraction of sp³-hybridized carbons (Fsp3) is 0.816. The van der Waals surface area contributed by atoms with Crippen LogP contribution >= 0.6 is 0 Å². The second kappa shape index (κ2) is 11.3. The Morgan fingerprint density at radius 1 is 0.978 bits per heavy atom. The normalized spacial score (nSPS) is 39.8. The molecule has 1 N–H and O–H groups in total. The maximum Gasteiger partial charge on any atom is 0.410 e. The minimum Gasteiger partial charge on any atom is -0.457 e. The lowest BCUT2D eigenvalue weighted by Gasteiger charge is -2.62. The fourth-order valence-corrected chi connectivity index (χ4v) is 11.5. The van der Waals surface area contributed by atoms with E-state index in [1.807, 2.05) is 52.5 Å². The Morgan fingerprint density at radius 2 is 1.65 bits per heavy atom. The molecule has 3 aliphatic heterocycles. The zero-order valence-electron chi connectivity index (χ0n) is 29.9. The molecule has 0 radical (unpaired) electrons. The average Bonchev–Trinajstić information content (AvgIpc) is 3.26. The predicted molar refractivity (Wildman–Crippen MR) is 179 cm³/mol. The first-order chi connectivity index (χ1) is 21.4. The van der Waals surface area contributed by atoms with Crippen LogP contribution in [0.5, 0.6) is 0 Å². The summed E-state index contributed by atoms with van der Waals surface area (Å²) in [6, 6.07) is 0.167. The molecule has 46 heavy (non-hydrogen) atoms. The molecular formula is C38H59N3O5. The second-order valence-electron chi connectivity index (χ2n) is 17.9. The average molecular weight is 638 g/mol. The third-order valence-corrected chi connectivity index (χ3v) is 12.4. The van der Waals surface area contributed by atoms with Gasteiger partial charge in [-0.05, 0) is 129 Å². The topological polar surface area (TPSA) is 88.2 Å². The molecule has 6 rings (SSSR count). The highest BCUT2D eigenvalue weighted by molar-refractivity contribution is 5.92. The van der Waals surface area contributed by atoms with Crippen molar-refractivity contribution in [1.82, 2.24) is 15.1 Å². The van der Waals surface area contributed by atoms with Crippen LogP contribution in [-0.2, 0) is 19.1 Å². The zero-order valence-corrected chi connectivity index (χ0v) is 29.9. The Bertz CT molecular complexity index is 1310. The van der Waals surface area contributed by atoms with E-state index in [0.29, 0.717) is 17.8 Å². The number of nitrogens with zero attached hydrogens (tertiary/aromatic N) is 2. The molecule has 2 saturated carbocycles. The van der Waals surface area contributed by atoms with Gasteiger partial charge >= 0.3 is 12.1 Å². The molecule has 256 valence electrons. The quantitative estimate of drug-likeness (QED) is 0.258. The van der Waals surface area contributed by atoms with Crippen LogP contribution in [0.3, 0.4) is 0 Å². The van der Waals surface area contributed by atoms with Crippen LogP contribution in [0.15, 0.2) is 23.9 Å². The number of esters is 1. The summed E-state index contributed by atoms with van der Waals surface area (Å²) in [5.41, 5.74) is 0.243. The summed E-state index contributed by atoms with van der Waals surface area (Å²) in [7, 11) is 0. The van der Waals surface area contributed by atoms with E-state index in [1.54, 1.807) is 6.92 Å². The van der Waals surface area contributed by atoms with Gasteiger partial charge in [0.05, 0.1) is 11.1 Å². The number of ether oxygens (including phenoxy) is 2. The summed E-state index contributed by atoms with van der Waals surface area (Å²) < 4.78 is 12.2. The summed E-state index contributed by atoms with van der Waals surface area (Å²) >= 11 is 0. The second-order valence-corrected chi connectivity index (χ2v) is 17.9. The van der Waals surface area contributed by atoms with Crippen LogP contribution in [0.4, 0.5) is 4.79 Å². The van der Waals surface area contributed by atoms with Crippen molar-refractivity contribution in [3.63, 3.8) is 0 Å². The minimum atomic E-state index is -0.600. The molecule has 5 fully saturated rings. The van der Waals surface area contributed by atoms with Crippen molar-refractivity contribution in [3.8, 4) is 0 Å². The molecule has 2 spiro atoms. The Morgan fingerprint density at radius 3 is 2.28 bits per heavy atom. The number of hydrogen-bond donors (Lipinski definition) is 1. The predicted octanol–water partition coefficient (Wildman–Crippen LogP) is 6.99. The number of carbonyl (C=O) groups excluding carboxylic acids is 3. The van der Waals surface area contributed by atoms with E-state index in [1.165, 1.54) is 0 Å². The van der Waals surface area contributed by atoms with Crippen LogP contribution in [0.25, 0.3) is 0 Å². The van der Waals surface area contributed by atoms with Gasteiger partial charge in [0.25, 0.3) is 0 Å². The largest absolute Gasteiger partial charge is 0.457 e. The standard InChI is InChI=1S/C38H59N3O5/c1-11-12-27-15-22(2)16-28(41(27)34(44)46-36(8,9)10)19-26-13-14-37-25-18-30-29(31(32(37)39-26)33(43)45-35(5,6)7)17-23(3)20-38(30,37)40(21-25)24(4)42/h11,22-23,25-30,39H,1,12-21H2,2-10H3/t22-,23?,25+,26?,27+,28?,29?,30?,37?,38+/m0/s1. The number of nitrogens with one attached hydrogen (secondary N) is 1. The third kappa shape index (κ3) is 5.19. The van der Waals surface area contributed by atoms with E-state index in [2.05, 4.69) is 30.6 Å². The maximum atomic E-state index is 14.3. The van der Waals surface area contributed by atoms with Crippen LogP contribution in [0.1, 0.15) is 120 Å². The van der Waals surface area contributed by atoms with Gasteiger partial charge in [-0.3, -0.25) is 4.79 Å². The van der Waals surface area contributed by atoms with E-state index >= 15 is 0 Å². The number of likely N-dealkylation sites (tertiary alicyclic amines) is 2. The van der Waals surface area contributed by atoms with Crippen LogP contribution in [0.2, 0.25) is 0 Å². The Balaban J connectivity index is 1.40. The van der Waals surface area contributed by atoms with Crippen molar-refractivity contribution in [2.75, 3.05) is 6.54 Å². The monoisotopic (exact) mass is 637 g/mol. The molecule has 6 aliphatic rings. The molecule has 3 saturated heterocycles. The molecule has 8 nitrogen and oxygen atoms in total. The van der Waals surface area contributed by atoms with Gasteiger partial charge in [0.1, 0.15) is 11.2 Å². The van der Waals surface area contributed by atoms with Crippen molar-refractivity contribution in [2.45, 2.75) is 155 Å². The summed E-state index contributed by atoms with van der Waals surface area (Å²) in [5, 5.41) is 4.05. The highest BCUT2D eigenvalue weighted by atomic mass is 16.6. The first-order valence-electron chi connectivity index (χ1n) is 18.1. The van der Waals surface area contributed by atoms with E-state index in [4.69, 9.17) is 9.47 Å². The molecule has 3 aliphatic carbocycles. The number of carbonyl (C=O) groups is 3. The zero-order chi connectivity index (χ0) is 33.6. The minimum absolute atomic E-state index is 0.0173. The Kier molecular flexibility index (Phi) is 8.20. The lowest BCUT2D eigenvalue weighted by molar-refractivity contribution is -0.155. The Labute approximate surface area is 277 Å². The number of piperidine rings is 3. The molecule has 0 aromatic heterocycles. The first-order valence-corrected chi connectivity index (χ1v) is 18.1. The van der Waals surface area contributed by atoms with Crippen LogP contribution in [-0.4, -0.2) is 69.2 Å². The smallest absolute Gasteiger partial charge is 0.410 e. The van der Waals surface area contributed by atoms with Crippen molar-refractivity contribution in [3.05, 3.63) is 23.9 Å². The van der Waals surface area contributed by atoms with Crippen molar-refractivity contribution >= 4 is 18.0 Å². The molecule has 3 heterocycles. The van der Waals surface area contributed by atoms with Gasteiger partial charge in [-0.15, -0.1) is 6.58 Å². The van der Waals surface area contributed by atoms with E-state index in [9.17, 15) is 14.4 Å². The van der Waals surface area contributed by atoms with Gasteiger partial charge in [0.2, 0.25) is 5.91 Å². The van der Waals surface area contributed by atoms with Crippen LogP contribution in [0, 0.1) is 35.0 Å². The molecule has 5 bridgehead atoms. The summed E-state index contributed by atoms with van der Waals surface area (Å²) in [4.78, 5) is 45.6. The maximum absolute atomic E-state index is 14.3. The molecule has 2 amide bonds. The van der Waals surface area contributed by atoms with E-state index in [0.717, 1.165) is 75.6 Å². The SMILES string of the molecule is C=CC[C@@H]1C[C@H](C)CC(CC2CCC34C(=C(C(=O)OC(C)(C)C)C5CC(C)C[C@@]36C5C[C@@H]4CN6C(C)=O)N2)N1C(=O)OC(C)(C)C. The van der Waals surface area contributed by atoms with Gasteiger partial charge in [0.15, 0.2) is 0 Å². The van der Waals surface area contributed by atoms with Crippen molar-refractivity contribution in [2.24, 2.45) is 35.0 Å². The number of amides is 2. The molecule has 6 unspecified atom stereocenters. The van der Waals surface area contributed by atoms with E-state index < -0.39 is 11.2 Å². The number of rotatable bonds is 5. The lowest BCUT2D eigenvalue weighted by atomic mass is 9.49. The van der Waals surface area contributed by atoms with Crippen molar-refractivity contribution < 1.29 is 23.9 Å². The molecule has 0 aromatic rings.